The Morgan fingerprint density at radius 2 is 2.11 bits per heavy atom. The van der Waals surface area contributed by atoms with Gasteiger partial charge in [0.25, 0.3) is 0 Å². The molecule has 2 N–H and O–H groups in total. The number of carbonyl (C=O) groups is 2. The molecule has 1 saturated heterocycles. The number of nitrogens with one attached hydrogen (secondary N) is 1. The lowest BCUT2D eigenvalue weighted by atomic mass is 10.1. The molecule has 1 heterocycles. The minimum atomic E-state index is -3.03. The Bertz CT molecular complexity index is 417. The van der Waals surface area contributed by atoms with Crippen molar-refractivity contribution >= 4 is 21.7 Å². The number of carboxylic acids is 1. The second-order valence-electron chi connectivity index (χ2n) is 4.77. The van der Waals surface area contributed by atoms with Crippen LogP contribution in [0.25, 0.3) is 0 Å². The molecular formula is C11H19NO5S. The van der Waals surface area contributed by atoms with E-state index in [9.17, 15) is 18.0 Å². The van der Waals surface area contributed by atoms with E-state index in [1.54, 1.807) is 6.92 Å². The summed E-state index contributed by atoms with van der Waals surface area (Å²) in [5, 5.41) is 11.3. The maximum Gasteiger partial charge on any atom is 0.306 e. The Labute approximate surface area is 107 Å². The zero-order valence-corrected chi connectivity index (χ0v) is 11.2. The third-order valence-electron chi connectivity index (χ3n) is 3.14. The van der Waals surface area contributed by atoms with Crippen LogP contribution in [-0.4, -0.2) is 43.5 Å². The van der Waals surface area contributed by atoms with Crippen molar-refractivity contribution in [3.05, 3.63) is 0 Å². The molecule has 0 aromatic carbocycles. The van der Waals surface area contributed by atoms with Crippen LogP contribution >= 0.6 is 0 Å². The van der Waals surface area contributed by atoms with Gasteiger partial charge in [0.2, 0.25) is 5.91 Å². The molecule has 104 valence electrons. The molecule has 0 radical (unpaired) electrons. The van der Waals surface area contributed by atoms with E-state index in [2.05, 4.69) is 5.32 Å². The first-order valence-corrected chi connectivity index (χ1v) is 7.85. The minimum Gasteiger partial charge on any atom is -0.481 e. The summed E-state index contributed by atoms with van der Waals surface area (Å²) in [6.07, 6.45) is 1.47. The lowest BCUT2D eigenvalue weighted by Crippen LogP contribution is -2.32. The van der Waals surface area contributed by atoms with Crippen LogP contribution in [0.3, 0.4) is 0 Å². The zero-order valence-electron chi connectivity index (χ0n) is 10.4. The van der Waals surface area contributed by atoms with Crippen molar-refractivity contribution in [2.75, 3.05) is 18.1 Å². The van der Waals surface area contributed by atoms with Crippen LogP contribution in [0.5, 0.6) is 0 Å². The van der Waals surface area contributed by atoms with E-state index in [1.165, 1.54) is 0 Å². The molecule has 0 spiro atoms. The van der Waals surface area contributed by atoms with Gasteiger partial charge in [-0.15, -0.1) is 0 Å². The van der Waals surface area contributed by atoms with Gasteiger partial charge in [-0.25, -0.2) is 8.42 Å². The Hall–Kier alpha value is -1.11. The van der Waals surface area contributed by atoms with E-state index in [0.717, 1.165) is 0 Å². The van der Waals surface area contributed by atoms with Crippen molar-refractivity contribution in [1.29, 1.82) is 0 Å². The molecule has 1 rings (SSSR count). The topological polar surface area (TPSA) is 101 Å². The van der Waals surface area contributed by atoms with Gasteiger partial charge < -0.3 is 10.4 Å². The highest BCUT2D eigenvalue weighted by Gasteiger charge is 2.32. The van der Waals surface area contributed by atoms with E-state index in [0.29, 0.717) is 25.8 Å². The average Bonchev–Trinajstić information content (AvgIpc) is 2.64. The predicted octanol–water partition coefficient (Wildman–Crippen LogP) is 0.0382. The third-order valence-corrected chi connectivity index (χ3v) is 4.91. The van der Waals surface area contributed by atoms with Gasteiger partial charge in [0.05, 0.1) is 23.3 Å². The number of hydrogen-bond donors (Lipinski definition) is 2. The molecular weight excluding hydrogens is 258 g/mol. The van der Waals surface area contributed by atoms with Gasteiger partial charge in [-0.2, -0.15) is 0 Å². The Kier molecular flexibility index (Phi) is 5.13. The number of amides is 1. The second-order valence-corrected chi connectivity index (χ2v) is 7.00. The Morgan fingerprint density at radius 1 is 1.44 bits per heavy atom. The molecule has 0 aliphatic carbocycles. The summed E-state index contributed by atoms with van der Waals surface area (Å²) in [6.45, 7) is 2.01. The van der Waals surface area contributed by atoms with Crippen LogP contribution in [0.4, 0.5) is 0 Å². The molecule has 0 bridgehead atoms. The number of carboxylic acid groups (broad SMARTS) is 1. The van der Waals surface area contributed by atoms with Crippen molar-refractivity contribution < 1.29 is 23.1 Å². The summed E-state index contributed by atoms with van der Waals surface area (Å²) in [5.74, 6) is -1.92. The van der Waals surface area contributed by atoms with Crippen LogP contribution in [0.1, 0.15) is 26.2 Å². The molecule has 2 atom stereocenters. The Balaban J connectivity index is 2.20. The van der Waals surface area contributed by atoms with Gasteiger partial charge in [-0.1, -0.05) is 6.92 Å². The summed E-state index contributed by atoms with van der Waals surface area (Å²) in [5.41, 5.74) is 0. The first-order chi connectivity index (χ1) is 8.32. The highest BCUT2D eigenvalue weighted by Crippen LogP contribution is 2.18. The fourth-order valence-electron chi connectivity index (χ4n) is 1.89. The molecule has 1 fully saturated rings. The molecule has 0 saturated carbocycles. The number of carbonyl (C=O) groups excluding carboxylic acids is 1. The summed E-state index contributed by atoms with van der Waals surface area (Å²) in [7, 11) is -3.03. The van der Waals surface area contributed by atoms with Gasteiger partial charge in [0, 0.05) is 6.54 Å². The fraction of sp³-hybridized carbons (Fsp3) is 0.818. The molecule has 1 amide bonds. The van der Waals surface area contributed by atoms with Gasteiger partial charge in [0.15, 0.2) is 9.84 Å². The van der Waals surface area contributed by atoms with Crippen molar-refractivity contribution in [3.63, 3.8) is 0 Å². The van der Waals surface area contributed by atoms with Crippen LogP contribution in [0.2, 0.25) is 0 Å². The quantitative estimate of drug-likeness (QED) is 0.667. The summed E-state index contributed by atoms with van der Waals surface area (Å²) >= 11 is 0. The largest absolute Gasteiger partial charge is 0.481 e. The first kappa shape index (κ1) is 14.9. The first-order valence-electron chi connectivity index (χ1n) is 6.03. The third kappa shape index (κ3) is 4.64. The summed E-state index contributed by atoms with van der Waals surface area (Å²) < 4.78 is 22.4. The normalized spacial score (nSPS) is 23.5. The highest BCUT2D eigenvalue weighted by atomic mass is 32.2. The maximum absolute atomic E-state index is 11.6. The van der Waals surface area contributed by atoms with Gasteiger partial charge in [-0.05, 0) is 19.3 Å². The standard InChI is InChI=1S/C11H19NO5S/c1-8(11(14)15)3-2-5-12-10(13)9-4-6-18(16,17)7-9/h8-9H,2-7H2,1H3,(H,12,13)(H,14,15). The number of rotatable bonds is 6. The molecule has 1 aliphatic rings. The average molecular weight is 277 g/mol. The van der Waals surface area contributed by atoms with Gasteiger partial charge in [0.1, 0.15) is 0 Å². The summed E-state index contributed by atoms with van der Waals surface area (Å²) in [6, 6.07) is 0. The number of sulfone groups is 1. The number of aliphatic carboxylic acids is 1. The molecule has 1 aliphatic heterocycles. The number of hydrogen-bond acceptors (Lipinski definition) is 4. The summed E-state index contributed by atoms with van der Waals surface area (Å²) in [4.78, 5) is 22.2. The van der Waals surface area contributed by atoms with Crippen molar-refractivity contribution in [2.24, 2.45) is 11.8 Å². The van der Waals surface area contributed by atoms with Gasteiger partial charge >= 0.3 is 5.97 Å². The van der Waals surface area contributed by atoms with E-state index in [1.807, 2.05) is 0 Å². The van der Waals surface area contributed by atoms with Crippen LogP contribution in [0.15, 0.2) is 0 Å². The van der Waals surface area contributed by atoms with Crippen LogP contribution in [0, 0.1) is 11.8 Å². The van der Waals surface area contributed by atoms with Crippen molar-refractivity contribution in [3.8, 4) is 0 Å². The zero-order chi connectivity index (χ0) is 13.8. The van der Waals surface area contributed by atoms with Crippen molar-refractivity contribution in [1.82, 2.24) is 5.32 Å². The second kappa shape index (κ2) is 6.17. The van der Waals surface area contributed by atoms with Crippen LogP contribution < -0.4 is 5.32 Å². The molecule has 2 unspecified atom stereocenters. The fourth-order valence-corrected chi connectivity index (χ4v) is 3.63. The Morgan fingerprint density at radius 3 is 2.61 bits per heavy atom. The predicted molar refractivity (Wildman–Crippen MR) is 65.8 cm³/mol. The smallest absolute Gasteiger partial charge is 0.306 e. The van der Waals surface area contributed by atoms with E-state index < -0.39 is 27.6 Å². The molecule has 18 heavy (non-hydrogen) atoms. The minimum absolute atomic E-state index is 0.0651. The highest BCUT2D eigenvalue weighted by molar-refractivity contribution is 7.91. The van der Waals surface area contributed by atoms with E-state index in [4.69, 9.17) is 5.11 Å². The van der Waals surface area contributed by atoms with Crippen molar-refractivity contribution in [2.45, 2.75) is 26.2 Å². The van der Waals surface area contributed by atoms with Crippen LogP contribution in [-0.2, 0) is 19.4 Å². The molecule has 7 heteroatoms. The monoisotopic (exact) mass is 277 g/mol. The SMILES string of the molecule is CC(CCCNC(=O)C1CCS(=O)(=O)C1)C(=O)O. The van der Waals surface area contributed by atoms with E-state index in [-0.39, 0.29) is 17.4 Å². The van der Waals surface area contributed by atoms with E-state index >= 15 is 0 Å². The lowest BCUT2D eigenvalue weighted by Gasteiger charge is -2.10. The molecule has 6 nitrogen and oxygen atoms in total. The molecule has 0 aromatic heterocycles. The molecule has 0 aromatic rings. The maximum atomic E-state index is 11.6. The van der Waals surface area contributed by atoms with Gasteiger partial charge in [-0.3, -0.25) is 9.59 Å². The lowest BCUT2D eigenvalue weighted by molar-refractivity contribution is -0.141.